The molecule has 0 amide bonds. The summed E-state index contributed by atoms with van der Waals surface area (Å²) in [5.41, 5.74) is 5.26. The molecular weight excluding hydrogens is 269 g/mol. The lowest BCUT2D eigenvalue weighted by Crippen LogP contribution is -2.20. The summed E-state index contributed by atoms with van der Waals surface area (Å²) in [4.78, 5) is 8.63. The number of aromatic nitrogens is 2. The number of nitrogens with two attached hydrogens (primary N) is 1. The van der Waals surface area contributed by atoms with E-state index in [9.17, 15) is 13.2 Å². The van der Waals surface area contributed by atoms with Crippen molar-refractivity contribution < 1.29 is 13.2 Å². The third-order valence-corrected chi connectivity index (χ3v) is 2.67. The van der Waals surface area contributed by atoms with Crippen LogP contribution in [0.1, 0.15) is 11.3 Å². The second-order valence-corrected chi connectivity index (χ2v) is 4.31. The second kappa shape index (κ2) is 5.36. The molecule has 2 N–H and O–H groups in total. The van der Waals surface area contributed by atoms with Gasteiger partial charge < -0.3 is 10.6 Å². The van der Waals surface area contributed by atoms with E-state index in [1.807, 2.05) is 30.3 Å². The molecule has 7 heteroatoms. The highest BCUT2D eigenvalue weighted by molar-refractivity contribution is 5.44. The number of hydrogen-bond donors (Lipinski definition) is 1. The maximum Gasteiger partial charge on any atom is 0.433 e. The molecule has 20 heavy (non-hydrogen) atoms. The van der Waals surface area contributed by atoms with Crippen LogP contribution in [0.4, 0.5) is 24.9 Å². The van der Waals surface area contributed by atoms with Gasteiger partial charge in [0.05, 0.1) is 0 Å². The van der Waals surface area contributed by atoms with Crippen molar-refractivity contribution in [2.75, 3.05) is 17.7 Å². The first kappa shape index (κ1) is 14.1. The average molecular weight is 282 g/mol. The molecule has 0 unspecified atom stereocenters. The van der Waals surface area contributed by atoms with Crippen molar-refractivity contribution >= 4 is 11.8 Å². The topological polar surface area (TPSA) is 55.0 Å². The van der Waals surface area contributed by atoms with Gasteiger partial charge in [0.1, 0.15) is 5.82 Å². The van der Waals surface area contributed by atoms with E-state index in [0.29, 0.717) is 6.54 Å². The van der Waals surface area contributed by atoms with Gasteiger partial charge in [-0.25, -0.2) is 4.98 Å². The van der Waals surface area contributed by atoms with Gasteiger partial charge in [-0.15, -0.1) is 0 Å². The first-order valence-corrected chi connectivity index (χ1v) is 5.83. The Bertz CT molecular complexity index is 584. The van der Waals surface area contributed by atoms with Gasteiger partial charge in [-0.2, -0.15) is 18.2 Å². The maximum absolute atomic E-state index is 12.7. The minimum atomic E-state index is -4.54. The van der Waals surface area contributed by atoms with Crippen LogP contribution >= 0.6 is 0 Å². The van der Waals surface area contributed by atoms with E-state index in [0.717, 1.165) is 11.6 Å². The molecule has 1 aromatic carbocycles. The minimum absolute atomic E-state index is 0.133. The van der Waals surface area contributed by atoms with Crippen LogP contribution in [0.15, 0.2) is 36.4 Å². The van der Waals surface area contributed by atoms with E-state index in [2.05, 4.69) is 9.97 Å². The van der Waals surface area contributed by atoms with Crippen LogP contribution in [0.3, 0.4) is 0 Å². The van der Waals surface area contributed by atoms with Crippen LogP contribution in [0, 0.1) is 0 Å². The fourth-order valence-corrected chi connectivity index (χ4v) is 1.73. The van der Waals surface area contributed by atoms with Gasteiger partial charge in [0.25, 0.3) is 0 Å². The molecule has 0 radical (unpaired) electrons. The number of alkyl halides is 3. The predicted molar refractivity (Wildman–Crippen MR) is 70.0 cm³/mol. The Balaban J connectivity index is 2.26. The highest BCUT2D eigenvalue weighted by atomic mass is 19.4. The summed E-state index contributed by atoms with van der Waals surface area (Å²) in [6, 6.07) is 10.2. The van der Waals surface area contributed by atoms with Crippen LogP contribution < -0.4 is 10.6 Å². The molecule has 0 fully saturated rings. The van der Waals surface area contributed by atoms with Gasteiger partial charge >= 0.3 is 6.18 Å². The Morgan fingerprint density at radius 2 is 1.80 bits per heavy atom. The molecule has 2 aromatic rings. The van der Waals surface area contributed by atoms with E-state index >= 15 is 0 Å². The molecule has 0 aliphatic rings. The monoisotopic (exact) mass is 282 g/mol. The molecule has 2 rings (SSSR count). The third-order valence-electron chi connectivity index (χ3n) is 2.67. The molecule has 106 valence electrons. The molecule has 1 heterocycles. The smallest absolute Gasteiger partial charge is 0.368 e. The summed E-state index contributed by atoms with van der Waals surface area (Å²) in [5, 5.41) is 0. The molecule has 0 saturated heterocycles. The standard InChI is InChI=1S/C13H13F3N4/c1-20(8-9-5-3-2-4-6-9)11-7-10(13(14,15)16)18-12(17)19-11/h2-7H,8H2,1H3,(H2,17,18,19). The summed E-state index contributed by atoms with van der Waals surface area (Å²) in [7, 11) is 1.65. The lowest BCUT2D eigenvalue weighted by molar-refractivity contribution is -0.141. The second-order valence-electron chi connectivity index (χ2n) is 4.31. The van der Waals surface area contributed by atoms with E-state index in [4.69, 9.17) is 5.73 Å². The Kier molecular flexibility index (Phi) is 3.78. The largest absolute Gasteiger partial charge is 0.433 e. The first-order chi connectivity index (χ1) is 9.36. The Labute approximate surface area is 114 Å². The molecule has 0 aliphatic carbocycles. The van der Waals surface area contributed by atoms with Crippen molar-refractivity contribution in [3.63, 3.8) is 0 Å². The van der Waals surface area contributed by atoms with Crippen LogP contribution in [-0.2, 0) is 12.7 Å². The average Bonchev–Trinajstić information content (AvgIpc) is 2.38. The van der Waals surface area contributed by atoms with Crippen molar-refractivity contribution in [3.05, 3.63) is 47.7 Å². The van der Waals surface area contributed by atoms with Gasteiger partial charge in [-0.05, 0) is 5.56 Å². The molecule has 4 nitrogen and oxygen atoms in total. The Morgan fingerprint density at radius 1 is 1.15 bits per heavy atom. The number of halogens is 3. The highest BCUT2D eigenvalue weighted by Gasteiger charge is 2.33. The summed E-state index contributed by atoms with van der Waals surface area (Å²) >= 11 is 0. The number of nitrogens with zero attached hydrogens (tertiary/aromatic N) is 3. The van der Waals surface area contributed by atoms with E-state index in [-0.39, 0.29) is 5.82 Å². The van der Waals surface area contributed by atoms with Gasteiger partial charge in [-0.1, -0.05) is 30.3 Å². The third kappa shape index (κ3) is 3.37. The fraction of sp³-hybridized carbons (Fsp3) is 0.231. The van der Waals surface area contributed by atoms with Gasteiger partial charge in [0.2, 0.25) is 5.95 Å². The van der Waals surface area contributed by atoms with E-state index in [1.165, 1.54) is 0 Å². The number of benzene rings is 1. The zero-order chi connectivity index (χ0) is 14.8. The number of anilines is 2. The van der Waals surface area contributed by atoms with Crippen molar-refractivity contribution in [1.82, 2.24) is 9.97 Å². The summed E-state index contributed by atoms with van der Waals surface area (Å²) in [6.07, 6.45) is -4.54. The lowest BCUT2D eigenvalue weighted by atomic mass is 10.2. The Morgan fingerprint density at radius 3 is 2.40 bits per heavy atom. The van der Waals surface area contributed by atoms with Crippen LogP contribution in [0.5, 0.6) is 0 Å². The van der Waals surface area contributed by atoms with E-state index < -0.39 is 17.8 Å². The molecular formula is C13H13F3N4. The van der Waals surface area contributed by atoms with Gasteiger partial charge in [0.15, 0.2) is 5.69 Å². The number of hydrogen-bond acceptors (Lipinski definition) is 4. The van der Waals surface area contributed by atoms with Crippen LogP contribution in [0.25, 0.3) is 0 Å². The van der Waals surface area contributed by atoms with Gasteiger partial charge in [0, 0.05) is 19.7 Å². The number of nitrogen functional groups attached to an aromatic ring is 1. The predicted octanol–water partition coefficient (Wildman–Crippen LogP) is 2.71. The highest BCUT2D eigenvalue weighted by Crippen LogP contribution is 2.30. The van der Waals surface area contributed by atoms with Crippen molar-refractivity contribution in [2.24, 2.45) is 0 Å². The normalized spacial score (nSPS) is 11.4. The summed E-state index contributed by atoms with van der Waals surface area (Å²) in [5.74, 6) is -0.261. The molecule has 1 aromatic heterocycles. The molecule has 0 atom stereocenters. The zero-order valence-electron chi connectivity index (χ0n) is 10.7. The number of rotatable bonds is 3. The molecule has 0 spiro atoms. The molecule has 0 aliphatic heterocycles. The quantitative estimate of drug-likeness (QED) is 0.940. The van der Waals surface area contributed by atoms with Crippen LogP contribution in [-0.4, -0.2) is 17.0 Å². The summed E-state index contributed by atoms with van der Waals surface area (Å²) < 4.78 is 38.0. The molecule has 0 bridgehead atoms. The van der Waals surface area contributed by atoms with Crippen molar-refractivity contribution in [3.8, 4) is 0 Å². The Hall–Kier alpha value is -2.31. The van der Waals surface area contributed by atoms with E-state index in [1.54, 1.807) is 11.9 Å². The lowest BCUT2D eigenvalue weighted by Gasteiger charge is -2.19. The molecule has 0 saturated carbocycles. The maximum atomic E-state index is 12.7. The fourth-order valence-electron chi connectivity index (χ4n) is 1.73. The van der Waals surface area contributed by atoms with Crippen LogP contribution in [0.2, 0.25) is 0 Å². The summed E-state index contributed by atoms with van der Waals surface area (Å²) in [6.45, 7) is 0.425. The minimum Gasteiger partial charge on any atom is -0.368 e. The van der Waals surface area contributed by atoms with Crippen molar-refractivity contribution in [1.29, 1.82) is 0 Å². The zero-order valence-corrected chi connectivity index (χ0v) is 10.7. The van der Waals surface area contributed by atoms with Gasteiger partial charge in [-0.3, -0.25) is 0 Å². The first-order valence-electron chi connectivity index (χ1n) is 5.83. The van der Waals surface area contributed by atoms with Crippen molar-refractivity contribution in [2.45, 2.75) is 12.7 Å². The SMILES string of the molecule is CN(Cc1ccccc1)c1cc(C(F)(F)F)nc(N)n1.